The summed E-state index contributed by atoms with van der Waals surface area (Å²) in [7, 11) is -3.10. The van der Waals surface area contributed by atoms with Crippen LogP contribution < -0.4 is 10.1 Å². The summed E-state index contributed by atoms with van der Waals surface area (Å²) >= 11 is 0. The Balaban J connectivity index is 1.73. The first kappa shape index (κ1) is 25.9. The van der Waals surface area contributed by atoms with Gasteiger partial charge in [0.1, 0.15) is 26.8 Å². The van der Waals surface area contributed by atoms with Gasteiger partial charge in [-0.3, -0.25) is 14.5 Å². The Hall–Kier alpha value is -3.22. The highest BCUT2D eigenvalue weighted by Gasteiger charge is 2.35. The number of carbonyl (C=O) groups is 1. The van der Waals surface area contributed by atoms with E-state index in [9.17, 15) is 26.4 Å². The Morgan fingerprint density at radius 3 is 2.56 bits per heavy atom. The van der Waals surface area contributed by atoms with Crippen LogP contribution in [0, 0.1) is 5.95 Å². The number of hydrogen-bond acceptors (Lipinski definition) is 7. The number of nitrogens with one attached hydrogen (secondary N) is 1. The summed E-state index contributed by atoms with van der Waals surface area (Å²) in [6, 6.07) is 2.50. The van der Waals surface area contributed by atoms with E-state index in [0.717, 1.165) is 12.3 Å². The van der Waals surface area contributed by atoms with Crippen LogP contribution in [-0.2, 0) is 9.84 Å². The van der Waals surface area contributed by atoms with Gasteiger partial charge in [-0.2, -0.15) is 18.3 Å². The molecule has 1 amide bonds. The SMILES string of the molecule is CC[C@H](C)n1nc(-c2cc(OC(F)F)cnc2F)c2ncc(C(=O)NC3(C)CCS(=O)(=O)CC3)cc21. The lowest BCUT2D eigenvalue weighted by atomic mass is 9.94. The first-order valence-corrected chi connectivity index (χ1v) is 13.3. The molecule has 1 aliphatic rings. The van der Waals surface area contributed by atoms with Gasteiger partial charge < -0.3 is 10.1 Å². The fraction of sp³-hybridized carbons (Fsp3) is 0.478. The fourth-order valence-corrected chi connectivity index (χ4v) is 5.78. The Bertz CT molecular complexity index is 1400. The minimum Gasteiger partial charge on any atom is -0.433 e. The number of ether oxygens (including phenoxy) is 1. The lowest BCUT2D eigenvalue weighted by Crippen LogP contribution is -2.50. The van der Waals surface area contributed by atoms with Gasteiger partial charge >= 0.3 is 6.61 Å². The van der Waals surface area contributed by atoms with Crippen molar-refractivity contribution in [3.63, 3.8) is 0 Å². The molecule has 1 atom stereocenters. The molecule has 4 rings (SSSR count). The summed E-state index contributed by atoms with van der Waals surface area (Å²) in [6.45, 7) is 2.51. The lowest BCUT2D eigenvalue weighted by Gasteiger charge is -2.34. The number of carbonyl (C=O) groups excluding carboxylic acids is 1. The van der Waals surface area contributed by atoms with Gasteiger partial charge in [0, 0.05) is 17.8 Å². The van der Waals surface area contributed by atoms with Crippen molar-refractivity contribution in [2.45, 2.75) is 58.2 Å². The number of aromatic nitrogens is 4. The average molecular weight is 526 g/mol. The monoisotopic (exact) mass is 525 g/mol. The van der Waals surface area contributed by atoms with Gasteiger partial charge in [-0.05, 0) is 45.2 Å². The van der Waals surface area contributed by atoms with Crippen LogP contribution in [0.5, 0.6) is 5.75 Å². The zero-order chi connectivity index (χ0) is 26.3. The van der Waals surface area contributed by atoms with Crippen molar-refractivity contribution in [2.24, 2.45) is 0 Å². The molecule has 1 aliphatic heterocycles. The first-order chi connectivity index (χ1) is 16.9. The summed E-state index contributed by atoms with van der Waals surface area (Å²) < 4.78 is 69.5. The van der Waals surface area contributed by atoms with E-state index in [1.165, 1.54) is 6.20 Å². The fourth-order valence-electron chi connectivity index (χ4n) is 4.06. The van der Waals surface area contributed by atoms with E-state index in [1.54, 1.807) is 17.7 Å². The van der Waals surface area contributed by atoms with Crippen LogP contribution in [0.2, 0.25) is 0 Å². The predicted molar refractivity (Wildman–Crippen MR) is 126 cm³/mol. The molecule has 1 N–H and O–H groups in total. The van der Waals surface area contributed by atoms with Crippen LogP contribution in [0.25, 0.3) is 22.3 Å². The van der Waals surface area contributed by atoms with E-state index >= 15 is 0 Å². The summed E-state index contributed by atoms with van der Waals surface area (Å²) in [5.74, 6) is -1.69. The summed E-state index contributed by atoms with van der Waals surface area (Å²) in [5, 5.41) is 7.41. The summed E-state index contributed by atoms with van der Waals surface area (Å²) in [4.78, 5) is 20.9. The molecule has 0 saturated carbocycles. The number of sulfone groups is 1. The van der Waals surface area contributed by atoms with Crippen molar-refractivity contribution < 1.29 is 31.1 Å². The second-order valence-electron chi connectivity index (χ2n) is 9.20. The van der Waals surface area contributed by atoms with Gasteiger partial charge in [-0.1, -0.05) is 6.92 Å². The minimum absolute atomic E-state index is 0.000846. The second kappa shape index (κ2) is 9.68. The van der Waals surface area contributed by atoms with Crippen molar-refractivity contribution in [1.82, 2.24) is 25.1 Å². The Morgan fingerprint density at radius 2 is 1.92 bits per heavy atom. The number of rotatable bonds is 7. The number of fused-ring (bicyclic) bond motifs is 1. The van der Waals surface area contributed by atoms with Crippen LogP contribution in [-0.4, -0.2) is 57.7 Å². The maximum absolute atomic E-state index is 14.6. The maximum atomic E-state index is 14.6. The van der Waals surface area contributed by atoms with Crippen LogP contribution in [0.15, 0.2) is 24.5 Å². The third-order valence-corrected chi connectivity index (χ3v) is 8.11. The van der Waals surface area contributed by atoms with Gasteiger partial charge in [-0.25, -0.2) is 13.4 Å². The molecule has 0 aromatic carbocycles. The number of hydrogen-bond donors (Lipinski definition) is 1. The van der Waals surface area contributed by atoms with Crippen molar-refractivity contribution in [3.8, 4) is 17.0 Å². The summed E-state index contributed by atoms with van der Waals surface area (Å²) in [6.07, 6.45) is 3.43. The van der Waals surface area contributed by atoms with Gasteiger partial charge in [0.25, 0.3) is 5.91 Å². The third-order valence-electron chi connectivity index (χ3n) is 6.46. The van der Waals surface area contributed by atoms with Gasteiger partial charge in [0.15, 0.2) is 0 Å². The number of pyridine rings is 2. The molecule has 3 aromatic heterocycles. The molecule has 0 aliphatic carbocycles. The number of alkyl halides is 2. The molecular formula is C23H26F3N5O4S. The molecule has 0 bridgehead atoms. The Kier molecular flexibility index (Phi) is 6.95. The highest BCUT2D eigenvalue weighted by Crippen LogP contribution is 2.33. The quantitative estimate of drug-likeness (QED) is 0.465. The van der Waals surface area contributed by atoms with Crippen molar-refractivity contribution >= 4 is 26.8 Å². The van der Waals surface area contributed by atoms with Crippen molar-refractivity contribution in [2.75, 3.05) is 11.5 Å². The van der Waals surface area contributed by atoms with E-state index in [0.29, 0.717) is 24.8 Å². The smallest absolute Gasteiger partial charge is 0.387 e. The zero-order valence-corrected chi connectivity index (χ0v) is 20.8. The Morgan fingerprint density at radius 1 is 1.22 bits per heavy atom. The number of amides is 1. The normalized spacial score (nSPS) is 17.8. The van der Waals surface area contributed by atoms with E-state index in [2.05, 4.69) is 25.1 Å². The molecule has 3 aromatic rings. The van der Waals surface area contributed by atoms with E-state index in [4.69, 9.17) is 0 Å². The molecule has 4 heterocycles. The highest BCUT2D eigenvalue weighted by molar-refractivity contribution is 7.91. The maximum Gasteiger partial charge on any atom is 0.387 e. The standard InChI is InChI=1S/C23H26F3N5O4S/c1-4-13(2)31-17-9-14(21(32)29-23(3)5-7-36(33,34)8-6-23)11-27-19(17)18(30-31)16-10-15(35-22(25)26)12-28-20(16)24/h9-13,22H,4-8H2,1-3H3,(H,29,32)/t13-/m0/s1. The van der Waals surface area contributed by atoms with Crippen LogP contribution >= 0.6 is 0 Å². The molecule has 194 valence electrons. The molecule has 13 heteroatoms. The predicted octanol–water partition coefficient (Wildman–Crippen LogP) is 3.90. The third kappa shape index (κ3) is 5.30. The zero-order valence-electron chi connectivity index (χ0n) is 20.0. The number of nitrogens with zero attached hydrogens (tertiary/aromatic N) is 4. The van der Waals surface area contributed by atoms with Crippen LogP contribution in [0.3, 0.4) is 0 Å². The minimum atomic E-state index is -3.11. The van der Waals surface area contributed by atoms with E-state index < -0.39 is 33.8 Å². The molecular weight excluding hydrogens is 499 g/mol. The van der Waals surface area contributed by atoms with Crippen LogP contribution in [0.4, 0.5) is 13.2 Å². The second-order valence-corrected chi connectivity index (χ2v) is 11.5. The van der Waals surface area contributed by atoms with Gasteiger partial charge in [0.2, 0.25) is 5.95 Å². The topological polar surface area (TPSA) is 116 Å². The molecule has 0 radical (unpaired) electrons. The summed E-state index contributed by atoms with van der Waals surface area (Å²) in [5.41, 5.74) is 0.160. The van der Waals surface area contributed by atoms with Crippen molar-refractivity contribution in [3.05, 3.63) is 36.0 Å². The average Bonchev–Trinajstić information content (AvgIpc) is 3.20. The molecule has 0 unspecified atom stereocenters. The molecule has 0 spiro atoms. The van der Waals surface area contributed by atoms with Gasteiger partial charge in [0.05, 0.1) is 34.3 Å². The lowest BCUT2D eigenvalue weighted by molar-refractivity contribution is -0.0501. The molecule has 1 fully saturated rings. The molecule has 36 heavy (non-hydrogen) atoms. The first-order valence-electron chi connectivity index (χ1n) is 11.4. The number of halogens is 3. The van der Waals surface area contributed by atoms with Crippen molar-refractivity contribution in [1.29, 1.82) is 0 Å². The Labute approximate surface area is 206 Å². The molecule has 1 saturated heterocycles. The van der Waals surface area contributed by atoms with E-state index in [1.807, 2.05) is 13.8 Å². The van der Waals surface area contributed by atoms with Crippen LogP contribution in [0.1, 0.15) is 56.4 Å². The van der Waals surface area contributed by atoms with E-state index in [-0.39, 0.29) is 45.6 Å². The molecule has 9 nitrogen and oxygen atoms in total. The van der Waals surface area contributed by atoms with Gasteiger partial charge in [-0.15, -0.1) is 0 Å². The highest BCUT2D eigenvalue weighted by atomic mass is 32.2. The largest absolute Gasteiger partial charge is 0.433 e.